The second-order valence-corrected chi connectivity index (χ2v) is 6.50. The smallest absolute Gasteiger partial charge is 0.266 e. The van der Waals surface area contributed by atoms with Crippen LogP contribution in [0.3, 0.4) is 0 Å². The fraction of sp³-hybridized carbons (Fsp3) is 0.0417. The topological polar surface area (TPSA) is 64.0 Å². The first-order valence-corrected chi connectivity index (χ1v) is 9.25. The molecule has 0 bridgehead atoms. The van der Waals surface area contributed by atoms with Crippen LogP contribution < -0.4 is 10.9 Å². The number of nitrogens with zero attached hydrogens (tertiary/aromatic N) is 2. The van der Waals surface area contributed by atoms with Crippen molar-refractivity contribution in [3.8, 4) is 5.69 Å². The summed E-state index contributed by atoms with van der Waals surface area (Å²) in [4.78, 5) is 29.5. The second kappa shape index (κ2) is 7.94. The summed E-state index contributed by atoms with van der Waals surface area (Å²) in [6.45, 7) is 0. The van der Waals surface area contributed by atoms with E-state index in [0.29, 0.717) is 22.3 Å². The van der Waals surface area contributed by atoms with Crippen molar-refractivity contribution in [2.75, 3.05) is 7.05 Å². The van der Waals surface area contributed by atoms with Gasteiger partial charge in [-0.3, -0.25) is 14.2 Å². The summed E-state index contributed by atoms with van der Waals surface area (Å²) in [5, 5.41) is 3.18. The monoisotopic (exact) mass is 381 g/mol. The molecule has 1 aromatic heterocycles. The summed E-state index contributed by atoms with van der Waals surface area (Å²) in [5.74, 6) is 0.407. The first-order valence-electron chi connectivity index (χ1n) is 9.25. The molecule has 0 atom stereocenters. The largest absolute Gasteiger partial charge is 0.355 e. The van der Waals surface area contributed by atoms with E-state index in [9.17, 15) is 9.59 Å². The third-order valence-electron chi connectivity index (χ3n) is 4.64. The predicted octanol–water partition coefficient (Wildman–Crippen LogP) is 3.92. The molecule has 0 aliphatic carbocycles. The number of rotatable bonds is 4. The maximum absolute atomic E-state index is 13.2. The molecular weight excluding hydrogens is 362 g/mol. The third kappa shape index (κ3) is 3.71. The summed E-state index contributed by atoms with van der Waals surface area (Å²) in [5.41, 5.74) is 2.79. The minimum Gasteiger partial charge on any atom is -0.355 e. The van der Waals surface area contributed by atoms with Crippen molar-refractivity contribution in [2.24, 2.45) is 0 Å². The molecule has 0 fully saturated rings. The van der Waals surface area contributed by atoms with Crippen molar-refractivity contribution in [1.82, 2.24) is 14.9 Å². The lowest BCUT2D eigenvalue weighted by Gasteiger charge is -2.11. The average molecular weight is 381 g/mol. The maximum atomic E-state index is 13.2. The average Bonchev–Trinajstić information content (AvgIpc) is 2.78. The van der Waals surface area contributed by atoms with E-state index in [0.717, 1.165) is 11.3 Å². The Kier molecular flexibility index (Phi) is 5.03. The van der Waals surface area contributed by atoms with Gasteiger partial charge in [0.15, 0.2) is 0 Å². The molecule has 3 aromatic carbocycles. The van der Waals surface area contributed by atoms with Gasteiger partial charge in [0.2, 0.25) is 0 Å². The normalized spacial score (nSPS) is 11.1. The molecule has 1 N–H and O–H groups in total. The highest BCUT2D eigenvalue weighted by atomic mass is 16.1. The van der Waals surface area contributed by atoms with E-state index >= 15 is 0 Å². The van der Waals surface area contributed by atoms with Gasteiger partial charge in [-0.25, -0.2) is 4.98 Å². The number of para-hydroxylation sites is 2. The van der Waals surface area contributed by atoms with Crippen LogP contribution in [0.1, 0.15) is 21.7 Å². The van der Waals surface area contributed by atoms with Gasteiger partial charge in [0.25, 0.3) is 11.5 Å². The Morgan fingerprint density at radius 3 is 2.31 bits per heavy atom. The van der Waals surface area contributed by atoms with Crippen molar-refractivity contribution < 1.29 is 4.79 Å². The number of hydrogen-bond donors (Lipinski definition) is 1. The Morgan fingerprint density at radius 1 is 0.897 bits per heavy atom. The lowest BCUT2D eigenvalue weighted by molar-refractivity contribution is 0.0963. The van der Waals surface area contributed by atoms with Crippen LogP contribution in [-0.2, 0) is 0 Å². The molecule has 142 valence electrons. The van der Waals surface area contributed by atoms with Crippen molar-refractivity contribution in [3.05, 3.63) is 106 Å². The van der Waals surface area contributed by atoms with Crippen molar-refractivity contribution in [1.29, 1.82) is 0 Å². The van der Waals surface area contributed by atoms with E-state index in [1.807, 2.05) is 72.8 Å². The molecule has 4 rings (SSSR count). The van der Waals surface area contributed by atoms with E-state index in [1.54, 1.807) is 29.8 Å². The molecule has 0 spiro atoms. The zero-order valence-electron chi connectivity index (χ0n) is 15.9. The van der Waals surface area contributed by atoms with Crippen molar-refractivity contribution >= 4 is 29.0 Å². The van der Waals surface area contributed by atoms with Crippen molar-refractivity contribution in [2.45, 2.75) is 0 Å². The molecule has 0 unspecified atom stereocenters. The first kappa shape index (κ1) is 18.4. The molecular formula is C24H19N3O2. The van der Waals surface area contributed by atoms with Gasteiger partial charge in [0, 0.05) is 12.6 Å². The molecule has 29 heavy (non-hydrogen) atoms. The molecule has 1 heterocycles. The quantitative estimate of drug-likeness (QED) is 0.583. The zero-order valence-corrected chi connectivity index (χ0v) is 15.9. The minimum atomic E-state index is -0.130. The van der Waals surface area contributed by atoms with Gasteiger partial charge in [-0.1, -0.05) is 48.5 Å². The highest BCUT2D eigenvalue weighted by Gasteiger charge is 2.10. The van der Waals surface area contributed by atoms with Gasteiger partial charge in [0.1, 0.15) is 5.82 Å². The van der Waals surface area contributed by atoms with Crippen molar-refractivity contribution in [3.63, 3.8) is 0 Å². The van der Waals surface area contributed by atoms with E-state index in [1.165, 1.54) is 0 Å². The van der Waals surface area contributed by atoms with E-state index < -0.39 is 0 Å². The Labute approximate surface area is 168 Å². The Hall–Kier alpha value is -3.99. The Bertz CT molecular complexity index is 1260. The SMILES string of the molecule is CNC(=O)c1ccc(/C=C/c2nc3ccccc3c(=O)n2-c2ccccc2)cc1. The molecule has 0 aliphatic rings. The van der Waals surface area contributed by atoms with Gasteiger partial charge in [-0.05, 0) is 48.0 Å². The van der Waals surface area contributed by atoms with Crippen LogP contribution in [0.4, 0.5) is 0 Å². The number of hydrogen-bond acceptors (Lipinski definition) is 3. The molecule has 4 aromatic rings. The van der Waals surface area contributed by atoms with E-state index in [4.69, 9.17) is 4.98 Å². The lowest BCUT2D eigenvalue weighted by Crippen LogP contribution is -2.22. The second-order valence-electron chi connectivity index (χ2n) is 6.50. The predicted molar refractivity (Wildman–Crippen MR) is 116 cm³/mol. The van der Waals surface area contributed by atoms with Crippen LogP contribution in [0.2, 0.25) is 0 Å². The molecule has 1 amide bonds. The molecule has 5 nitrogen and oxygen atoms in total. The number of carbonyl (C=O) groups is 1. The Morgan fingerprint density at radius 2 is 1.59 bits per heavy atom. The van der Waals surface area contributed by atoms with Gasteiger partial charge in [-0.2, -0.15) is 0 Å². The summed E-state index contributed by atoms with van der Waals surface area (Å²) < 4.78 is 1.61. The summed E-state index contributed by atoms with van der Waals surface area (Å²) >= 11 is 0. The van der Waals surface area contributed by atoms with Gasteiger partial charge < -0.3 is 5.32 Å². The van der Waals surface area contributed by atoms with Crippen LogP contribution in [-0.4, -0.2) is 22.5 Å². The van der Waals surface area contributed by atoms with Gasteiger partial charge in [-0.15, -0.1) is 0 Å². The summed E-state index contributed by atoms with van der Waals surface area (Å²) in [6, 6.07) is 24.0. The first-order chi connectivity index (χ1) is 14.2. The fourth-order valence-corrected chi connectivity index (χ4v) is 3.15. The van der Waals surface area contributed by atoms with Crippen LogP contribution in [0.15, 0.2) is 83.7 Å². The zero-order chi connectivity index (χ0) is 20.2. The molecule has 0 saturated heterocycles. The van der Waals surface area contributed by atoms with E-state index in [2.05, 4.69) is 5.32 Å². The number of amides is 1. The molecule has 0 radical (unpaired) electrons. The van der Waals surface area contributed by atoms with E-state index in [-0.39, 0.29) is 11.5 Å². The number of aromatic nitrogens is 2. The van der Waals surface area contributed by atoms with Crippen LogP contribution in [0.25, 0.3) is 28.7 Å². The van der Waals surface area contributed by atoms with Crippen LogP contribution >= 0.6 is 0 Å². The number of carbonyl (C=O) groups excluding carboxylic acids is 1. The standard InChI is InChI=1S/C24H19N3O2/c1-25-23(28)18-14-11-17(12-15-18)13-16-22-26-21-10-6-5-9-20(21)24(29)27(22)19-7-3-2-4-8-19/h2-16H,1H3,(H,25,28)/b16-13+. The van der Waals surface area contributed by atoms with Gasteiger partial charge >= 0.3 is 0 Å². The van der Waals surface area contributed by atoms with Crippen LogP contribution in [0.5, 0.6) is 0 Å². The molecule has 0 aliphatic heterocycles. The number of nitrogens with one attached hydrogen (secondary N) is 1. The number of fused-ring (bicyclic) bond motifs is 1. The summed E-state index contributed by atoms with van der Waals surface area (Å²) in [6.07, 6.45) is 3.69. The Balaban J connectivity index is 1.81. The van der Waals surface area contributed by atoms with Gasteiger partial charge in [0.05, 0.1) is 16.6 Å². The maximum Gasteiger partial charge on any atom is 0.266 e. The third-order valence-corrected chi connectivity index (χ3v) is 4.64. The molecule has 5 heteroatoms. The fourth-order valence-electron chi connectivity index (χ4n) is 3.15. The highest BCUT2D eigenvalue weighted by Crippen LogP contribution is 2.15. The number of benzene rings is 3. The minimum absolute atomic E-state index is 0.114. The lowest BCUT2D eigenvalue weighted by atomic mass is 10.1. The molecule has 0 saturated carbocycles. The highest BCUT2D eigenvalue weighted by molar-refractivity contribution is 5.94. The summed E-state index contributed by atoms with van der Waals surface area (Å²) in [7, 11) is 1.60. The van der Waals surface area contributed by atoms with Crippen LogP contribution in [0, 0.1) is 0 Å².